The number of sulfone groups is 1. The van der Waals surface area contributed by atoms with Gasteiger partial charge in [0.15, 0.2) is 38.7 Å². The summed E-state index contributed by atoms with van der Waals surface area (Å²) in [5, 5.41) is 4.03. The van der Waals surface area contributed by atoms with E-state index in [2.05, 4.69) is 20.1 Å². The van der Waals surface area contributed by atoms with Crippen LogP contribution >= 0.6 is 0 Å². The Morgan fingerprint density at radius 1 is 1.14 bits per heavy atom. The molecule has 4 heterocycles. The third-order valence-corrected chi connectivity index (χ3v) is 7.25. The minimum absolute atomic E-state index is 0.0185. The van der Waals surface area contributed by atoms with E-state index < -0.39 is 21.5 Å². The lowest BCUT2D eigenvalue weighted by Crippen LogP contribution is -2.34. The van der Waals surface area contributed by atoms with Crippen molar-refractivity contribution in [2.75, 3.05) is 24.2 Å². The standard InChI is InChI=1S/C23H24F2N6O4S/c1-13(2)20-28-23(35-29-20)30-8-6-14(7-9-30)31-11-17(25)19-21(31)26-12-27-22(19)34-18-5-4-15(10-16(18)24)36(3,32)33/h4-5,10-14H,6-9H2,1-3H3. The fourth-order valence-electron chi connectivity index (χ4n) is 4.19. The molecule has 36 heavy (non-hydrogen) atoms. The number of ether oxygens (including phenoxy) is 1. The van der Waals surface area contributed by atoms with Crippen LogP contribution in [0.2, 0.25) is 0 Å². The summed E-state index contributed by atoms with van der Waals surface area (Å²) in [7, 11) is -3.59. The SMILES string of the molecule is CC(C)c1noc(N2CCC(n3cc(F)c4c(Oc5ccc(S(C)(=O)=O)cc5F)ncnc43)CC2)n1. The van der Waals surface area contributed by atoms with Crippen LogP contribution in [-0.2, 0) is 9.84 Å². The summed E-state index contributed by atoms with van der Waals surface area (Å²) in [5.41, 5.74) is 0.323. The van der Waals surface area contributed by atoms with Crippen molar-refractivity contribution >= 4 is 26.9 Å². The number of hydrogen-bond acceptors (Lipinski definition) is 9. The van der Waals surface area contributed by atoms with Gasteiger partial charge >= 0.3 is 6.01 Å². The van der Waals surface area contributed by atoms with Gasteiger partial charge in [-0.05, 0) is 31.0 Å². The molecule has 13 heteroatoms. The Balaban J connectivity index is 1.38. The highest BCUT2D eigenvalue weighted by Gasteiger charge is 2.28. The predicted octanol–water partition coefficient (Wildman–Crippen LogP) is 4.25. The van der Waals surface area contributed by atoms with E-state index in [-0.39, 0.29) is 33.9 Å². The monoisotopic (exact) mass is 518 g/mol. The Morgan fingerprint density at radius 2 is 1.89 bits per heavy atom. The molecule has 0 radical (unpaired) electrons. The second-order valence-corrected chi connectivity index (χ2v) is 11.1. The van der Waals surface area contributed by atoms with Crippen molar-refractivity contribution in [1.29, 1.82) is 0 Å². The van der Waals surface area contributed by atoms with Gasteiger partial charge < -0.3 is 18.7 Å². The molecule has 5 rings (SSSR count). The van der Waals surface area contributed by atoms with Crippen LogP contribution in [0.1, 0.15) is 44.5 Å². The largest absolute Gasteiger partial charge is 0.435 e. The fraction of sp³-hybridized carbons (Fsp3) is 0.391. The van der Waals surface area contributed by atoms with Crippen molar-refractivity contribution < 1.29 is 26.5 Å². The first kappa shape index (κ1) is 24.1. The number of anilines is 1. The molecule has 1 aliphatic heterocycles. The molecular formula is C23H24F2N6O4S. The first-order valence-corrected chi connectivity index (χ1v) is 13.3. The Morgan fingerprint density at radius 3 is 2.53 bits per heavy atom. The molecule has 0 N–H and O–H groups in total. The van der Waals surface area contributed by atoms with Crippen molar-refractivity contribution in [3.63, 3.8) is 0 Å². The minimum atomic E-state index is -3.59. The predicted molar refractivity (Wildman–Crippen MR) is 126 cm³/mol. The van der Waals surface area contributed by atoms with Gasteiger partial charge in [-0.2, -0.15) is 4.98 Å². The van der Waals surface area contributed by atoms with Gasteiger partial charge in [-0.1, -0.05) is 19.0 Å². The summed E-state index contributed by atoms with van der Waals surface area (Å²) >= 11 is 0. The summed E-state index contributed by atoms with van der Waals surface area (Å²) in [5.74, 6) is -1.13. The van der Waals surface area contributed by atoms with Crippen LogP contribution in [0.4, 0.5) is 14.8 Å². The van der Waals surface area contributed by atoms with Crippen molar-refractivity contribution in [2.45, 2.75) is 43.5 Å². The minimum Gasteiger partial charge on any atom is -0.435 e. The first-order valence-electron chi connectivity index (χ1n) is 11.4. The lowest BCUT2D eigenvalue weighted by molar-refractivity contribution is 0.360. The van der Waals surface area contributed by atoms with Crippen LogP contribution in [0, 0.1) is 11.6 Å². The molecule has 3 aromatic heterocycles. The van der Waals surface area contributed by atoms with Gasteiger partial charge in [0.05, 0.1) is 4.90 Å². The van der Waals surface area contributed by atoms with Gasteiger partial charge in [-0.25, -0.2) is 27.2 Å². The Bertz CT molecular complexity index is 1530. The van der Waals surface area contributed by atoms with E-state index in [1.807, 2.05) is 18.7 Å². The normalized spacial score (nSPS) is 15.2. The molecule has 1 saturated heterocycles. The highest BCUT2D eigenvalue weighted by Crippen LogP contribution is 2.35. The van der Waals surface area contributed by atoms with Crippen LogP contribution < -0.4 is 9.64 Å². The number of fused-ring (bicyclic) bond motifs is 1. The summed E-state index contributed by atoms with van der Waals surface area (Å²) in [4.78, 5) is 14.5. The maximum absolute atomic E-state index is 15.1. The highest BCUT2D eigenvalue weighted by molar-refractivity contribution is 7.90. The zero-order valence-corrected chi connectivity index (χ0v) is 20.7. The van der Waals surface area contributed by atoms with Gasteiger partial charge in [0.1, 0.15) is 11.7 Å². The van der Waals surface area contributed by atoms with Crippen LogP contribution in [0.3, 0.4) is 0 Å². The molecule has 1 fully saturated rings. The van der Waals surface area contributed by atoms with Crippen LogP contribution in [0.25, 0.3) is 11.0 Å². The number of hydrogen-bond donors (Lipinski definition) is 0. The van der Waals surface area contributed by atoms with Gasteiger partial charge in [0.25, 0.3) is 0 Å². The summed E-state index contributed by atoms with van der Waals surface area (Å²) in [6.07, 6.45) is 4.91. The number of nitrogens with zero attached hydrogens (tertiary/aromatic N) is 6. The number of halogens is 2. The van der Waals surface area contributed by atoms with E-state index in [0.717, 1.165) is 12.3 Å². The summed E-state index contributed by atoms with van der Waals surface area (Å²) in [6.45, 7) is 5.26. The lowest BCUT2D eigenvalue weighted by Gasteiger charge is -2.31. The molecule has 1 aromatic carbocycles. The number of aromatic nitrogens is 5. The number of benzene rings is 1. The zero-order chi connectivity index (χ0) is 25.6. The lowest BCUT2D eigenvalue weighted by atomic mass is 10.1. The van der Waals surface area contributed by atoms with Crippen molar-refractivity contribution in [1.82, 2.24) is 24.7 Å². The maximum Gasteiger partial charge on any atom is 0.324 e. The van der Waals surface area contributed by atoms with Gasteiger partial charge in [0, 0.05) is 37.5 Å². The van der Waals surface area contributed by atoms with Crippen LogP contribution in [0.15, 0.2) is 40.1 Å². The molecule has 4 aromatic rings. The molecule has 0 atom stereocenters. The Kier molecular flexibility index (Phi) is 6.10. The smallest absolute Gasteiger partial charge is 0.324 e. The van der Waals surface area contributed by atoms with Crippen molar-refractivity contribution in [3.05, 3.63) is 48.2 Å². The quantitative estimate of drug-likeness (QED) is 0.369. The van der Waals surface area contributed by atoms with Crippen LogP contribution in [-0.4, -0.2) is 52.4 Å². The molecule has 10 nitrogen and oxygen atoms in total. The molecule has 0 saturated carbocycles. The molecular weight excluding hydrogens is 494 g/mol. The summed E-state index contributed by atoms with van der Waals surface area (Å²) < 4.78 is 65.6. The van der Waals surface area contributed by atoms with Gasteiger partial charge in [-0.3, -0.25) is 0 Å². The third-order valence-electron chi connectivity index (χ3n) is 6.14. The van der Waals surface area contributed by atoms with Gasteiger partial charge in [-0.15, -0.1) is 0 Å². The average Bonchev–Trinajstić information content (AvgIpc) is 3.46. The van der Waals surface area contributed by atoms with Crippen molar-refractivity contribution in [3.8, 4) is 11.6 Å². The van der Waals surface area contributed by atoms with Crippen molar-refractivity contribution in [2.24, 2.45) is 0 Å². The number of piperidine rings is 1. The first-order chi connectivity index (χ1) is 17.1. The Hall–Kier alpha value is -3.61. The van der Waals surface area contributed by atoms with E-state index in [0.29, 0.717) is 43.4 Å². The molecule has 1 aliphatic rings. The van der Waals surface area contributed by atoms with Crippen LogP contribution in [0.5, 0.6) is 11.6 Å². The fourth-order valence-corrected chi connectivity index (χ4v) is 4.83. The highest BCUT2D eigenvalue weighted by atomic mass is 32.2. The van der Waals surface area contributed by atoms with Gasteiger partial charge in [0.2, 0.25) is 5.88 Å². The van der Waals surface area contributed by atoms with E-state index in [4.69, 9.17) is 9.26 Å². The third kappa shape index (κ3) is 4.50. The second-order valence-electron chi connectivity index (χ2n) is 9.04. The average molecular weight is 519 g/mol. The summed E-state index contributed by atoms with van der Waals surface area (Å²) in [6, 6.07) is 3.67. The maximum atomic E-state index is 15.1. The topological polar surface area (TPSA) is 116 Å². The van der Waals surface area contributed by atoms with E-state index >= 15 is 4.39 Å². The molecule has 0 amide bonds. The zero-order valence-electron chi connectivity index (χ0n) is 19.9. The molecule has 190 valence electrons. The van der Waals surface area contributed by atoms with E-state index in [1.165, 1.54) is 24.7 Å². The van der Waals surface area contributed by atoms with E-state index in [1.54, 1.807) is 4.57 Å². The molecule has 0 aliphatic carbocycles. The second kappa shape index (κ2) is 9.12. The molecule has 0 spiro atoms. The Labute approximate surface area is 205 Å². The molecule has 0 bridgehead atoms. The number of rotatable bonds is 6. The molecule has 0 unspecified atom stereocenters. The van der Waals surface area contributed by atoms with E-state index in [9.17, 15) is 12.8 Å².